The molecule has 20 heavy (non-hydrogen) atoms. The minimum Gasteiger partial charge on any atom is -0.340 e. The molecule has 2 aliphatic heterocycles. The van der Waals surface area contributed by atoms with E-state index in [1.807, 2.05) is 7.05 Å². The van der Waals surface area contributed by atoms with Gasteiger partial charge in [-0.05, 0) is 14.1 Å². The summed E-state index contributed by atoms with van der Waals surface area (Å²) in [5.74, 6) is 0.893. The van der Waals surface area contributed by atoms with Crippen LogP contribution < -0.4 is 0 Å². The van der Waals surface area contributed by atoms with E-state index in [-0.39, 0.29) is 0 Å². The largest absolute Gasteiger partial charge is 0.340 e. The molecule has 0 saturated carbocycles. The number of hydrogen-bond donors (Lipinski definition) is 2. The van der Waals surface area contributed by atoms with Crippen LogP contribution in [-0.4, -0.2) is 110 Å². The third kappa shape index (κ3) is 3.40. The fourth-order valence-corrected chi connectivity index (χ4v) is 2.56. The Morgan fingerprint density at radius 3 is 1.30 bits per heavy atom. The van der Waals surface area contributed by atoms with Crippen molar-refractivity contribution in [2.24, 2.45) is 0 Å². The maximum absolute atomic E-state index is 8.30. The van der Waals surface area contributed by atoms with E-state index in [0.717, 1.165) is 52.4 Å². The zero-order chi connectivity index (χ0) is 14.7. The van der Waals surface area contributed by atoms with Crippen molar-refractivity contribution in [3.63, 3.8) is 0 Å². The van der Waals surface area contributed by atoms with Crippen molar-refractivity contribution in [3.05, 3.63) is 0 Å². The van der Waals surface area contributed by atoms with Gasteiger partial charge in [0.15, 0.2) is 11.9 Å². The molecule has 114 valence electrons. The van der Waals surface area contributed by atoms with Crippen molar-refractivity contribution in [1.82, 2.24) is 24.5 Å². The van der Waals surface area contributed by atoms with E-state index in [4.69, 9.17) is 10.8 Å². The fraction of sp³-hybridized carbons (Fsp3) is 0.846. The van der Waals surface area contributed by atoms with Gasteiger partial charge >= 0.3 is 0 Å². The fourth-order valence-electron chi connectivity index (χ4n) is 2.56. The van der Waals surface area contributed by atoms with Crippen molar-refractivity contribution in [2.45, 2.75) is 0 Å². The van der Waals surface area contributed by atoms with E-state index >= 15 is 0 Å². The van der Waals surface area contributed by atoms with Gasteiger partial charge in [-0.25, -0.2) is 0 Å². The van der Waals surface area contributed by atoms with Gasteiger partial charge in [0.1, 0.15) is 0 Å². The van der Waals surface area contributed by atoms with E-state index in [2.05, 4.69) is 33.7 Å². The molecule has 0 amide bonds. The van der Waals surface area contributed by atoms with Crippen LogP contribution in [0.15, 0.2) is 0 Å². The van der Waals surface area contributed by atoms with Gasteiger partial charge in [0, 0.05) is 59.4 Å². The first kappa shape index (κ1) is 15.1. The SMILES string of the molecule is CN1CCN(C(=N)N(C)C(=N)N2CCN(C)CC2)CC1. The second kappa shape index (κ2) is 6.41. The Balaban J connectivity index is 1.88. The van der Waals surface area contributed by atoms with Crippen molar-refractivity contribution >= 4 is 11.9 Å². The zero-order valence-electron chi connectivity index (χ0n) is 12.9. The van der Waals surface area contributed by atoms with E-state index in [0.29, 0.717) is 11.9 Å². The lowest BCUT2D eigenvalue weighted by molar-refractivity contribution is 0.192. The molecule has 2 saturated heterocycles. The van der Waals surface area contributed by atoms with Crippen molar-refractivity contribution in [2.75, 3.05) is 73.5 Å². The van der Waals surface area contributed by atoms with Crippen LogP contribution in [0.2, 0.25) is 0 Å². The van der Waals surface area contributed by atoms with Crippen LogP contribution in [0.5, 0.6) is 0 Å². The average molecular weight is 281 g/mol. The second-order valence-corrected chi connectivity index (χ2v) is 5.79. The average Bonchev–Trinajstić information content (AvgIpc) is 2.46. The van der Waals surface area contributed by atoms with Gasteiger partial charge in [-0.1, -0.05) is 0 Å². The molecule has 0 radical (unpaired) electrons. The molecule has 2 rings (SSSR count). The highest BCUT2D eigenvalue weighted by Gasteiger charge is 2.25. The van der Waals surface area contributed by atoms with E-state index in [1.165, 1.54) is 0 Å². The lowest BCUT2D eigenvalue weighted by atomic mass is 10.3. The molecule has 0 unspecified atom stereocenters. The highest BCUT2D eigenvalue weighted by molar-refractivity contribution is 5.95. The Hall–Kier alpha value is -1.34. The molecule has 0 spiro atoms. The summed E-state index contributed by atoms with van der Waals surface area (Å²) < 4.78 is 0. The molecule has 2 aliphatic rings. The Kier molecular flexibility index (Phi) is 4.82. The maximum atomic E-state index is 8.30. The molecule has 0 aliphatic carbocycles. The van der Waals surface area contributed by atoms with Crippen LogP contribution >= 0.6 is 0 Å². The van der Waals surface area contributed by atoms with E-state index < -0.39 is 0 Å². The maximum Gasteiger partial charge on any atom is 0.200 e. The summed E-state index contributed by atoms with van der Waals surface area (Å²) in [6, 6.07) is 0. The first-order chi connectivity index (χ1) is 9.49. The summed E-state index contributed by atoms with van der Waals surface area (Å²) in [4.78, 5) is 10.4. The van der Waals surface area contributed by atoms with Crippen LogP contribution in [0.1, 0.15) is 0 Å². The Morgan fingerprint density at radius 2 is 1.00 bits per heavy atom. The molecule has 7 heteroatoms. The minimum absolute atomic E-state index is 0.446. The van der Waals surface area contributed by atoms with Gasteiger partial charge in [0.05, 0.1) is 0 Å². The topological polar surface area (TPSA) is 63.9 Å². The number of nitrogens with one attached hydrogen (secondary N) is 2. The van der Waals surface area contributed by atoms with Crippen LogP contribution in [0.3, 0.4) is 0 Å². The molecule has 0 aromatic rings. The van der Waals surface area contributed by atoms with Crippen LogP contribution in [-0.2, 0) is 0 Å². The molecular formula is C13H27N7. The summed E-state index contributed by atoms with van der Waals surface area (Å²) >= 11 is 0. The number of guanidine groups is 2. The quantitative estimate of drug-likeness (QED) is 0.453. The summed E-state index contributed by atoms with van der Waals surface area (Å²) in [5, 5.41) is 16.6. The predicted octanol–water partition coefficient (Wildman–Crippen LogP) is -0.717. The normalized spacial score (nSPS) is 21.9. The molecule has 2 heterocycles. The van der Waals surface area contributed by atoms with Gasteiger partial charge in [-0.15, -0.1) is 0 Å². The Bertz CT molecular complexity index is 320. The molecule has 2 N–H and O–H groups in total. The number of rotatable bonds is 0. The molecule has 2 fully saturated rings. The Morgan fingerprint density at radius 1 is 0.700 bits per heavy atom. The third-order valence-electron chi connectivity index (χ3n) is 4.24. The lowest BCUT2D eigenvalue weighted by Gasteiger charge is -2.40. The minimum atomic E-state index is 0.446. The van der Waals surface area contributed by atoms with Crippen molar-refractivity contribution < 1.29 is 0 Å². The molecule has 0 bridgehead atoms. The molecule has 0 aromatic heterocycles. The smallest absolute Gasteiger partial charge is 0.200 e. The Labute approximate surface area is 121 Å². The highest BCUT2D eigenvalue weighted by atomic mass is 15.5. The number of likely N-dealkylation sites (N-methyl/N-ethyl adjacent to an activating group) is 2. The highest BCUT2D eigenvalue weighted by Crippen LogP contribution is 2.06. The van der Waals surface area contributed by atoms with Gasteiger partial charge in [-0.3, -0.25) is 15.7 Å². The van der Waals surface area contributed by atoms with Crippen LogP contribution in [0.25, 0.3) is 0 Å². The number of nitrogens with zero attached hydrogens (tertiary/aromatic N) is 5. The lowest BCUT2D eigenvalue weighted by Crippen LogP contribution is -2.57. The van der Waals surface area contributed by atoms with Gasteiger partial charge in [0.2, 0.25) is 0 Å². The van der Waals surface area contributed by atoms with E-state index in [9.17, 15) is 0 Å². The van der Waals surface area contributed by atoms with Crippen LogP contribution in [0.4, 0.5) is 0 Å². The predicted molar refractivity (Wildman–Crippen MR) is 81.4 cm³/mol. The van der Waals surface area contributed by atoms with Crippen LogP contribution in [0, 0.1) is 10.8 Å². The first-order valence-corrected chi connectivity index (χ1v) is 7.27. The summed E-state index contributed by atoms with van der Waals surface area (Å²) in [6.07, 6.45) is 0. The monoisotopic (exact) mass is 281 g/mol. The van der Waals surface area contributed by atoms with Gasteiger partial charge in [0.25, 0.3) is 0 Å². The van der Waals surface area contributed by atoms with Crippen molar-refractivity contribution in [1.29, 1.82) is 10.8 Å². The summed E-state index contributed by atoms with van der Waals surface area (Å²) in [7, 11) is 6.05. The number of hydrogen-bond acceptors (Lipinski definition) is 4. The standard InChI is InChI=1S/C13H27N7/c1-16-4-8-19(9-5-16)12(14)18(3)13(15)20-10-6-17(2)7-11-20/h14-15H,4-11H2,1-3H3. The summed E-state index contributed by atoms with van der Waals surface area (Å²) in [6.45, 7) is 7.42. The molecular weight excluding hydrogens is 254 g/mol. The first-order valence-electron chi connectivity index (χ1n) is 7.27. The summed E-state index contributed by atoms with van der Waals surface area (Å²) in [5.41, 5.74) is 0. The second-order valence-electron chi connectivity index (χ2n) is 5.79. The molecule has 7 nitrogen and oxygen atoms in total. The molecule has 0 atom stereocenters. The van der Waals surface area contributed by atoms with Gasteiger partial charge < -0.3 is 19.6 Å². The van der Waals surface area contributed by atoms with E-state index in [1.54, 1.807) is 4.90 Å². The van der Waals surface area contributed by atoms with Crippen molar-refractivity contribution in [3.8, 4) is 0 Å². The third-order valence-corrected chi connectivity index (χ3v) is 4.24. The molecule has 0 aromatic carbocycles. The zero-order valence-corrected chi connectivity index (χ0v) is 12.9. The van der Waals surface area contributed by atoms with Gasteiger partial charge in [-0.2, -0.15) is 0 Å². The number of piperazine rings is 2.